The van der Waals surface area contributed by atoms with Gasteiger partial charge in [-0.2, -0.15) is 0 Å². The van der Waals surface area contributed by atoms with Crippen molar-refractivity contribution in [3.63, 3.8) is 0 Å². The van der Waals surface area contributed by atoms with Crippen LogP contribution in [0.5, 0.6) is 0 Å². The molecule has 2 rings (SSSR count). The maximum absolute atomic E-state index is 11.7. The Labute approximate surface area is 91.8 Å². The number of fused-ring (bicyclic) bond motifs is 1. The van der Waals surface area contributed by atoms with E-state index in [1.165, 1.54) is 25.7 Å². The van der Waals surface area contributed by atoms with Crippen molar-refractivity contribution in [2.75, 3.05) is 13.7 Å². The van der Waals surface area contributed by atoms with E-state index < -0.39 is 0 Å². The smallest absolute Gasteiger partial charge is 0.323 e. The second-order valence-electron chi connectivity index (χ2n) is 4.78. The van der Waals surface area contributed by atoms with Gasteiger partial charge in [-0.15, -0.1) is 0 Å². The van der Waals surface area contributed by atoms with Crippen LogP contribution in [0.1, 0.15) is 39.0 Å². The summed E-state index contributed by atoms with van der Waals surface area (Å²) in [6.45, 7) is 2.37. The molecule has 0 aromatic rings. The fraction of sp³-hybridized carbons (Fsp3) is 0.917. The second kappa shape index (κ2) is 4.52. The lowest BCUT2D eigenvalue weighted by molar-refractivity contribution is -0.148. The van der Waals surface area contributed by atoms with Gasteiger partial charge in [0, 0.05) is 6.04 Å². The van der Waals surface area contributed by atoms with Crippen LogP contribution in [0.2, 0.25) is 0 Å². The van der Waals surface area contributed by atoms with Crippen molar-refractivity contribution in [2.24, 2.45) is 5.92 Å². The lowest BCUT2D eigenvalue weighted by Crippen LogP contribution is -2.39. The second-order valence-corrected chi connectivity index (χ2v) is 4.78. The summed E-state index contributed by atoms with van der Waals surface area (Å²) in [5.41, 5.74) is 0. The summed E-state index contributed by atoms with van der Waals surface area (Å²) in [6, 6.07) is 0.659. The number of esters is 1. The van der Waals surface area contributed by atoms with E-state index in [0.29, 0.717) is 12.6 Å². The molecule has 0 spiro atoms. The summed E-state index contributed by atoms with van der Waals surface area (Å²) in [5.74, 6) is 0.715. The average Bonchev–Trinajstić information content (AvgIpc) is 2.57. The van der Waals surface area contributed by atoms with E-state index in [1.807, 2.05) is 6.92 Å². The van der Waals surface area contributed by atoms with Crippen molar-refractivity contribution in [2.45, 2.75) is 51.1 Å². The van der Waals surface area contributed by atoms with Gasteiger partial charge < -0.3 is 4.74 Å². The molecule has 0 unspecified atom stereocenters. The molecule has 15 heavy (non-hydrogen) atoms. The molecule has 3 atom stereocenters. The molecule has 0 bridgehead atoms. The first-order chi connectivity index (χ1) is 7.24. The van der Waals surface area contributed by atoms with Crippen LogP contribution >= 0.6 is 0 Å². The van der Waals surface area contributed by atoms with E-state index in [1.54, 1.807) is 0 Å². The van der Waals surface area contributed by atoms with Crippen LogP contribution in [0, 0.1) is 5.92 Å². The van der Waals surface area contributed by atoms with Gasteiger partial charge in [-0.25, -0.2) is 0 Å². The summed E-state index contributed by atoms with van der Waals surface area (Å²) in [6.07, 6.45) is 6.23. The van der Waals surface area contributed by atoms with Gasteiger partial charge in [0.05, 0.1) is 6.61 Å². The Hall–Kier alpha value is -0.570. The molecule has 3 nitrogen and oxygen atoms in total. The molecule has 0 N–H and O–H groups in total. The van der Waals surface area contributed by atoms with Gasteiger partial charge in [-0.05, 0) is 39.2 Å². The molecular formula is C12H21NO2. The Balaban J connectivity index is 2.00. The third-order valence-electron chi connectivity index (χ3n) is 3.97. The Kier molecular flexibility index (Phi) is 3.29. The molecule has 0 aromatic heterocycles. The highest BCUT2D eigenvalue weighted by atomic mass is 16.5. The van der Waals surface area contributed by atoms with E-state index in [9.17, 15) is 4.79 Å². The van der Waals surface area contributed by atoms with Gasteiger partial charge in [0.25, 0.3) is 0 Å². The zero-order valence-corrected chi connectivity index (χ0v) is 9.74. The molecule has 0 aromatic carbocycles. The minimum atomic E-state index is -0.0191. The molecular weight excluding hydrogens is 190 g/mol. The minimum absolute atomic E-state index is 0.0191. The average molecular weight is 211 g/mol. The first-order valence-corrected chi connectivity index (χ1v) is 6.12. The Morgan fingerprint density at radius 2 is 2.13 bits per heavy atom. The first kappa shape index (κ1) is 10.9. The van der Waals surface area contributed by atoms with Crippen molar-refractivity contribution in [3.05, 3.63) is 0 Å². The summed E-state index contributed by atoms with van der Waals surface area (Å²) in [4.78, 5) is 14.0. The molecule has 1 saturated heterocycles. The molecule has 2 fully saturated rings. The van der Waals surface area contributed by atoms with Crippen molar-refractivity contribution in [1.29, 1.82) is 0 Å². The van der Waals surface area contributed by atoms with Crippen molar-refractivity contribution < 1.29 is 9.53 Å². The Morgan fingerprint density at radius 3 is 2.80 bits per heavy atom. The predicted molar refractivity (Wildman–Crippen MR) is 58.5 cm³/mol. The van der Waals surface area contributed by atoms with Crippen molar-refractivity contribution >= 4 is 5.97 Å². The number of carbonyl (C=O) groups excluding carboxylic acids is 1. The highest BCUT2D eigenvalue weighted by Crippen LogP contribution is 2.38. The van der Waals surface area contributed by atoms with E-state index in [0.717, 1.165) is 12.3 Å². The van der Waals surface area contributed by atoms with Crippen LogP contribution in [-0.4, -0.2) is 36.6 Å². The number of hydrogen-bond donors (Lipinski definition) is 0. The fourth-order valence-corrected chi connectivity index (χ4v) is 3.18. The number of likely N-dealkylation sites (tertiary alicyclic amines) is 1. The van der Waals surface area contributed by atoms with Crippen molar-refractivity contribution in [3.8, 4) is 0 Å². The number of nitrogens with zero attached hydrogens (tertiary/aromatic N) is 1. The maximum Gasteiger partial charge on any atom is 0.323 e. The number of rotatable bonds is 2. The van der Waals surface area contributed by atoms with Gasteiger partial charge in [0.1, 0.15) is 6.04 Å². The molecule has 0 radical (unpaired) electrons. The SMILES string of the molecule is CCOC(=O)[C@@H]1C[C@@H]2CCCC[C@@H]2N1C. The number of hydrogen-bond acceptors (Lipinski definition) is 3. The van der Waals surface area contributed by atoms with Crippen LogP contribution in [0.15, 0.2) is 0 Å². The first-order valence-electron chi connectivity index (χ1n) is 6.12. The highest BCUT2D eigenvalue weighted by molar-refractivity contribution is 5.76. The van der Waals surface area contributed by atoms with E-state index in [-0.39, 0.29) is 12.0 Å². The number of likely N-dealkylation sites (N-methyl/N-ethyl adjacent to an activating group) is 1. The summed E-state index contributed by atoms with van der Waals surface area (Å²) in [5, 5.41) is 0. The Morgan fingerprint density at radius 1 is 1.40 bits per heavy atom. The molecule has 0 amide bonds. The lowest BCUT2D eigenvalue weighted by atomic mass is 9.85. The summed E-state index contributed by atoms with van der Waals surface area (Å²) >= 11 is 0. The van der Waals surface area contributed by atoms with Crippen molar-refractivity contribution in [1.82, 2.24) is 4.90 Å². The third-order valence-corrected chi connectivity index (χ3v) is 3.97. The topological polar surface area (TPSA) is 29.5 Å². The van der Waals surface area contributed by atoms with Crippen LogP contribution in [0.4, 0.5) is 0 Å². The minimum Gasteiger partial charge on any atom is -0.465 e. The van der Waals surface area contributed by atoms with E-state index in [2.05, 4.69) is 11.9 Å². The monoisotopic (exact) mass is 211 g/mol. The molecule has 2 aliphatic rings. The standard InChI is InChI=1S/C12H21NO2/c1-3-15-12(14)11-8-9-6-4-5-7-10(9)13(11)2/h9-11H,3-8H2,1-2H3/t9-,10-,11-/m0/s1. The molecule has 1 heterocycles. The number of carbonyl (C=O) groups is 1. The van der Waals surface area contributed by atoms with Crippen LogP contribution in [-0.2, 0) is 9.53 Å². The number of ether oxygens (including phenoxy) is 1. The predicted octanol–water partition coefficient (Wildman–Crippen LogP) is 1.81. The normalized spacial score (nSPS) is 36.3. The zero-order valence-electron chi connectivity index (χ0n) is 9.74. The molecule has 1 aliphatic heterocycles. The summed E-state index contributed by atoms with van der Waals surface area (Å²) < 4.78 is 5.12. The van der Waals surface area contributed by atoms with Gasteiger partial charge in [-0.1, -0.05) is 12.8 Å². The van der Waals surface area contributed by atoms with Gasteiger partial charge in [0.2, 0.25) is 0 Å². The Bertz CT molecular complexity index is 242. The lowest BCUT2D eigenvalue weighted by Gasteiger charge is -2.30. The third kappa shape index (κ3) is 2.03. The quantitative estimate of drug-likeness (QED) is 0.652. The van der Waals surface area contributed by atoms with Gasteiger partial charge in [-0.3, -0.25) is 9.69 Å². The van der Waals surface area contributed by atoms with E-state index in [4.69, 9.17) is 4.74 Å². The molecule has 1 saturated carbocycles. The molecule has 1 aliphatic carbocycles. The molecule has 86 valence electrons. The zero-order chi connectivity index (χ0) is 10.8. The van der Waals surface area contributed by atoms with E-state index >= 15 is 0 Å². The molecule has 3 heteroatoms. The summed E-state index contributed by atoms with van der Waals surface area (Å²) in [7, 11) is 2.08. The van der Waals surface area contributed by atoms with Gasteiger partial charge in [0.15, 0.2) is 0 Å². The van der Waals surface area contributed by atoms with Crippen LogP contribution in [0.25, 0.3) is 0 Å². The highest BCUT2D eigenvalue weighted by Gasteiger charge is 2.43. The van der Waals surface area contributed by atoms with Crippen LogP contribution in [0.3, 0.4) is 0 Å². The van der Waals surface area contributed by atoms with Gasteiger partial charge >= 0.3 is 5.97 Å². The maximum atomic E-state index is 11.7. The fourth-order valence-electron chi connectivity index (χ4n) is 3.18. The largest absolute Gasteiger partial charge is 0.465 e. The van der Waals surface area contributed by atoms with Crippen LogP contribution < -0.4 is 0 Å².